The molecule has 0 unspecified atom stereocenters. The molecule has 1 aliphatic heterocycles. The van der Waals surface area contributed by atoms with Crippen LogP contribution in [0.2, 0.25) is 0 Å². The number of nitrogens with two attached hydrogens (primary N) is 1. The molecule has 1 aliphatic rings. The average Bonchev–Trinajstić information content (AvgIpc) is 2.74. The van der Waals surface area contributed by atoms with Gasteiger partial charge in [0.1, 0.15) is 11.6 Å². The standard InChI is InChI=1S/C24H30N4O2/c1-16(29)21-13-22(19-4-3-5-20(12-19)24(26)27)15-23(14-21)30-11-8-18-6-9-28(10-7-18)17(2)25/h3-5,12-15,18,25H,6-11H2,1-2H3,(H3,26,27). The van der Waals surface area contributed by atoms with E-state index in [9.17, 15) is 4.79 Å². The Labute approximate surface area is 178 Å². The number of ketones is 1. The van der Waals surface area contributed by atoms with Crippen LogP contribution in [0.1, 0.15) is 49.0 Å². The number of carbonyl (C=O) groups excluding carboxylic acids is 1. The molecule has 30 heavy (non-hydrogen) atoms. The minimum atomic E-state index is -0.0150. The Bertz CT molecular complexity index is 946. The van der Waals surface area contributed by atoms with E-state index < -0.39 is 0 Å². The second-order valence-corrected chi connectivity index (χ2v) is 7.95. The highest BCUT2D eigenvalue weighted by Gasteiger charge is 2.19. The summed E-state index contributed by atoms with van der Waals surface area (Å²) in [7, 11) is 0. The van der Waals surface area contributed by atoms with Crippen LogP contribution in [0.5, 0.6) is 5.75 Å². The Hall–Kier alpha value is -3.15. The molecule has 0 radical (unpaired) electrons. The summed E-state index contributed by atoms with van der Waals surface area (Å²) in [4.78, 5) is 14.2. The van der Waals surface area contributed by atoms with Gasteiger partial charge in [0.25, 0.3) is 0 Å². The van der Waals surface area contributed by atoms with Crippen molar-refractivity contribution in [2.24, 2.45) is 11.7 Å². The van der Waals surface area contributed by atoms with Crippen LogP contribution in [-0.2, 0) is 0 Å². The maximum Gasteiger partial charge on any atom is 0.159 e. The minimum absolute atomic E-state index is 0.0142. The highest BCUT2D eigenvalue weighted by Crippen LogP contribution is 2.28. The number of nitrogen functional groups attached to an aromatic ring is 1. The summed E-state index contributed by atoms with van der Waals surface area (Å²) in [5.74, 6) is 1.92. The van der Waals surface area contributed by atoms with Crippen molar-refractivity contribution in [3.8, 4) is 16.9 Å². The second kappa shape index (κ2) is 9.57. The minimum Gasteiger partial charge on any atom is -0.494 e. The molecule has 0 amide bonds. The van der Waals surface area contributed by atoms with Crippen LogP contribution in [0.15, 0.2) is 42.5 Å². The normalized spacial score (nSPS) is 14.4. The van der Waals surface area contributed by atoms with Crippen LogP contribution >= 0.6 is 0 Å². The van der Waals surface area contributed by atoms with E-state index in [1.54, 1.807) is 19.1 Å². The Kier molecular flexibility index (Phi) is 6.87. The van der Waals surface area contributed by atoms with Gasteiger partial charge in [-0.25, -0.2) is 0 Å². The molecule has 158 valence electrons. The summed E-state index contributed by atoms with van der Waals surface area (Å²) in [6, 6.07) is 13.0. The lowest BCUT2D eigenvalue weighted by Crippen LogP contribution is -2.36. The van der Waals surface area contributed by atoms with Crippen molar-refractivity contribution >= 4 is 17.5 Å². The Morgan fingerprint density at radius 2 is 1.77 bits per heavy atom. The molecule has 2 aromatic carbocycles. The third-order valence-corrected chi connectivity index (χ3v) is 5.70. The molecule has 6 nitrogen and oxygen atoms in total. The van der Waals surface area contributed by atoms with Crippen LogP contribution in [0.25, 0.3) is 11.1 Å². The van der Waals surface area contributed by atoms with Crippen molar-refractivity contribution in [2.45, 2.75) is 33.1 Å². The fourth-order valence-corrected chi connectivity index (χ4v) is 3.82. The summed E-state index contributed by atoms with van der Waals surface area (Å²) in [5.41, 5.74) is 8.63. The summed E-state index contributed by atoms with van der Waals surface area (Å²) in [6.45, 7) is 5.87. The van der Waals surface area contributed by atoms with E-state index in [1.165, 1.54) is 0 Å². The molecule has 0 atom stereocenters. The van der Waals surface area contributed by atoms with E-state index in [-0.39, 0.29) is 11.6 Å². The largest absolute Gasteiger partial charge is 0.494 e. The molecule has 0 aliphatic carbocycles. The molecular weight excluding hydrogens is 376 g/mol. The van der Waals surface area contributed by atoms with Crippen LogP contribution in [0.4, 0.5) is 0 Å². The van der Waals surface area contributed by atoms with Gasteiger partial charge < -0.3 is 15.4 Å². The van der Waals surface area contributed by atoms with Crippen molar-refractivity contribution in [3.05, 3.63) is 53.6 Å². The molecule has 1 fully saturated rings. The fraction of sp³-hybridized carbons (Fsp3) is 0.375. The van der Waals surface area contributed by atoms with Crippen molar-refractivity contribution in [1.82, 2.24) is 4.90 Å². The lowest BCUT2D eigenvalue weighted by molar-refractivity contribution is 0.101. The maximum absolute atomic E-state index is 12.0. The number of hydrogen-bond acceptors (Lipinski definition) is 4. The molecule has 1 heterocycles. The number of benzene rings is 2. The molecule has 2 aromatic rings. The maximum atomic E-state index is 12.0. The summed E-state index contributed by atoms with van der Waals surface area (Å²) >= 11 is 0. The third-order valence-electron chi connectivity index (χ3n) is 5.70. The van der Waals surface area contributed by atoms with Gasteiger partial charge in [-0.05, 0) is 74.4 Å². The number of Topliss-reactive ketones (excluding diaryl/α,β-unsaturated/α-hetero) is 1. The molecule has 6 heteroatoms. The van der Waals surface area contributed by atoms with Gasteiger partial charge in [0.15, 0.2) is 5.78 Å². The second-order valence-electron chi connectivity index (χ2n) is 7.95. The van der Waals surface area contributed by atoms with Gasteiger partial charge in [-0.1, -0.05) is 18.2 Å². The number of rotatable bonds is 7. The molecule has 4 N–H and O–H groups in total. The lowest BCUT2D eigenvalue weighted by Gasteiger charge is -2.32. The zero-order valence-corrected chi connectivity index (χ0v) is 17.7. The first-order chi connectivity index (χ1) is 14.3. The predicted octanol–water partition coefficient (Wildman–Crippen LogP) is 4.32. The smallest absolute Gasteiger partial charge is 0.159 e. The fourth-order valence-electron chi connectivity index (χ4n) is 3.82. The number of hydrogen-bond donors (Lipinski definition) is 3. The number of ether oxygens (including phenoxy) is 1. The predicted molar refractivity (Wildman–Crippen MR) is 121 cm³/mol. The first kappa shape index (κ1) is 21.6. The van der Waals surface area contributed by atoms with Crippen LogP contribution in [-0.4, -0.2) is 42.1 Å². The van der Waals surface area contributed by atoms with E-state index in [4.69, 9.17) is 21.3 Å². The molecule has 1 saturated heterocycles. The number of nitrogens with zero attached hydrogens (tertiary/aromatic N) is 1. The third kappa shape index (κ3) is 5.47. The van der Waals surface area contributed by atoms with Gasteiger partial charge in [0.2, 0.25) is 0 Å². The number of carbonyl (C=O) groups is 1. The van der Waals surface area contributed by atoms with E-state index in [1.807, 2.05) is 37.3 Å². The van der Waals surface area contributed by atoms with E-state index in [0.29, 0.717) is 35.2 Å². The zero-order valence-electron chi connectivity index (χ0n) is 17.7. The molecule has 3 rings (SSSR count). The number of nitrogens with one attached hydrogen (secondary N) is 2. The monoisotopic (exact) mass is 406 g/mol. The van der Waals surface area contributed by atoms with Crippen molar-refractivity contribution in [1.29, 1.82) is 10.8 Å². The molecular formula is C24H30N4O2. The Morgan fingerprint density at radius 3 is 2.40 bits per heavy atom. The SMILES string of the molecule is CC(=N)N1CCC(CCOc2cc(C(C)=O)cc(-c3cccc(C(=N)N)c3)c2)CC1. The quantitative estimate of drug-likeness (QED) is 0.362. The molecule has 0 spiro atoms. The summed E-state index contributed by atoms with van der Waals surface area (Å²) in [5, 5.41) is 15.4. The van der Waals surface area contributed by atoms with Crippen LogP contribution in [0.3, 0.4) is 0 Å². The summed E-state index contributed by atoms with van der Waals surface area (Å²) < 4.78 is 6.04. The number of piperidine rings is 1. The molecule has 0 bridgehead atoms. The lowest BCUT2D eigenvalue weighted by atomic mass is 9.94. The first-order valence-corrected chi connectivity index (χ1v) is 10.4. The summed E-state index contributed by atoms with van der Waals surface area (Å²) in [6.07, 6.45) is 3.12. The van der Waals surface area contributed by atoms with E-state index >= 15 is 0 Å². The van der Waals surface area contributed by atoms with E-state index in [0.717, 1.165) is 43.5 Å². The van der Waals surface area contributed by atoms with Crippen molar-refractivity contribution in [3.63, 3.8) is 0 Å². The Balaban J connectivity index is 1.69. The van der Waals surface area contributed by atoms with E-state index in [2.05, 4.69) is 4.90 Å². The first-order valence-electron chi connectivity index (χ1n) is 10.4. The molecule has 0 aromatic heterocycles. The topological polar surface area (TPSA) is 103 Å². The zero-order chi connectivity index (χ0) is 21.7. The van der Waals surface area contributed by atoms with Gasteiger partial charge in [0.05, 0.1) is 12.4 Å². The highest BCUT2D eigenvalue weighted by molar-refractivity contribution is 5.97. The van der Waals surface area contributed by atoms with Gasteiger partial charge in [-0.2, -0.15) is 0 Å². The van der Waals surface area contributed by atoms with Crippen LogP contribution < -0.4 is 10.5 Å². The Morgan fingerprint density at radius 1 is 1.07 bits per heavy atom. The van der Waals surface area contributed by atoms with Crippen LogP contribution in [0, 0.1) is 16.7 Å². The van der Waals surface area contributed by atoms with Gasteiger partial charge in [-0.3, -0.25) is 15.6 Å². The number of likely N-dealkylation sites (tertiary alicyclic amines) is 1. The van der Waals surface area contributed by atoms with Gasteiger partial charge in [-0.15, -0.1) is 0 Å². The van der Waals surface area contributed by atoms with Crippen molar-refractivity contribution < 1.29 is 9.53 Å². The highest BCUT2D eigenvalue weighted by atomic mass is 16.5. The van der Waals surface area contributed by atoms with Gasteiger partial charge >= 0.3 is 0 Å². The average molecular weight is 407 g/mol. The molecule has 0 saturated carbocycles. The number of amidine groups is 2. The van der Waals surface area contributed by atoms with Crippen molar-refractivity contribution in [2.75, 3.05) is 19.7 Å². The van der Waals surface area contributed by atoms with Gasteiger partial charge in [0, 0.05) is 24.2 Å².